The average molecular weight is 222 g/mol. The summed E-state index contributed by atoms with van der Waals surface area (Å²) in [7, 11) is 0. The van der Waals surface area contributed by atoms with Gasteiger partial charge in [0.2, 0.25) is 5.91 Å². The molecule has 16 heavy (non-hydrogen) atoms. The van der Waals surface area contributed by atoms with E-state index in [1.807, 2.05) is 31.7 Å². The summed E-state index contributed by atoms with van der Waals surface area (Å²) in [6, 6.07) is 1.73. The fraction of sp³-hybridized carbons (Fsp3) is 0.583. The predicted octanol–water partition coefficient (Wildman–Crippen LogP) is 1.52. The zero-order valence-electron chi connectivity index (χ0n) is 9.99. The van der Waals surface area contributed by atoms with Gasteiger partial charge in [-0.3, -0.25) is 4.79 Å². The fourth-order valence-corrected chi connectivity index (χ4v) is 2.34. The molecule has 1 aromatic rings. The zero-order valence-corrected chi connectivity index (χ0v) is 9.99. The first-order chi connectivity index (χ1) is 7.50. The predicted molar refractivity (Wildman–Crippen MR) is 60.9 cm³/mol. The van der Waals surface area contributed by atoms with E-state index in [-0.39, 0.29) is 18.0 Å². The number of likely N-dealkylation sites (tertiary alicyclic amines) is 1. The van der Waals surface area contributed by atoms with E-state index in [0.29, 0.717) is 0 Å². The van der Waals surface area contributed by atoms with Crippen molar-refractivity contribution in [1.82, 2.24) is 4.90 Å². The SMILES string of the molecule is Cc1cc(C(C)N2CCC(N)C2=O)c(C)o1. The molecule has 1 fully saturated rings. The Bertz CT molecular complexity index is 411. The van der Waals surface area contributed by atoms with Crippen LogP contribution >= 0.6 is 0 Å². The van der Waals surface area contributed by atoms with E-state index in [1.165, 1.54) is 0 Å². The third kappa shape index (κ3) is 1.73. The first kappa shape index (κ1) is 11.2. The van der Waals surface area contributed by atoms with Gasteiger partial charge in [-0.2, -0.15) is 0 Å². The molecule has 0 aromatic carbocycles. The van der Waals surface area contributed by atoms with Crippen LogP contribution in [0.4, 0.5) is 0 Å². The van der Waals surface area contributed by atoms with E-state index in [0.717, 1.165) is 30.0 Å². The molecule has 0 radical (unpaired) electrons. The standard InChI is InChI=1S/C12H18N2O2/c1-7-6-10(9(3)16-7)8(2)14-5-4-11(13)12(14)15/h6,8,11H,4-5,13H2,1-3H3. The largest absolute Gasteiger partial charge is 0.466 e. The van der Waals surface area contributed by atoms with Crippen LogP contribution in [0.2, 0.25) is 0 Å². The van der Waals surface area contributed by atoms with E-state index < -0.39 is 0 Å². The number of amides is 1. The van der Waals surface area contributed by atoms with Crippen LogP contribution < -0.4 is 5.73 Å². The Labute approximate surface area is 95.4 Å². The second kappa shape index (κ2) is 3.94. The molecule has 1 aromatic heterocycles. The van der Waals surface area contributed by atoms with Gasteiger partial charge in [0.15, 0.2) is 0 Å². The lowest BCUT2D eigenvalue weighted by Crippen LogP contribution is -2.35. The molecule has 1 amide bonds. The monoisotopic (exact) mass is 222 g/mol. The molecule has 2 atom stereocenters. The van der Waals surface area contributed by atoms with Crippen molar-refractivity contribution in [2.45, 2.75) is 39.3 Å². The molecule has 4 heteroatoms. The molecule has 2 N–H and O–H groups in total. The molecule has 88 valence electrons. The zero-order chi connectivity index (χ0) is 11.9. The molecule has 0 spiro atoms. The highest BCUT2D eigenvalue weighted by atomic mass is 16.3. The minimum atomic E-state index is -0.323. The van der Waals surface area contributed by atoms with Crippen LogP contribution in [0.1, 0.15) is 36.5 Å². The van der Waals surface area contributed by atoms with Gasteiger partial charge >= 0.3 is 0 Å². The smallest absolute Gasteiger partial charge is 0.240 e. The summed E-state index contributed by atoms with van der Waals surface area (Å²) in [4.78, 5) is 13.6. The third-order valence-electron chi connectivity index (χ3n) is 3.28. The lowest BCUT2D eigenvalue weighted by atomic mass is 10.1. The minimum absolute atomic E-state index is 0.0470. The summed E-state index contributed by atoms with van der Waals surface area (Å²) in [5.74, 6) is 1.82. The number of nitrogens with two attached hydrogens (primary N) is 1. The van der Waals surface area contributed by atoms with E-state index in [1.54, 1.807) is 0 Å². The molecule has 2 heterocycles. The molecule has 1 saturated heterocycles. The second-order valence-corrected chi connectivity index (χ2v) is 4.47. The highest BCUT2D eigenvalue weighted by Gasteiger charge is 2.33. The Morgan fingerprint density at radius 2 is 2.25 bits per heavy atom. The van der Waals surface area contributed by atoms with Gasteiger partial charge < -0.3 is 15.1 Å². The second-order valence-electron chi connectivity index (χ2n) is 4.47. The van der Waals surface area contributed by atoms with Crippen LogP contribution in [0.25, 0.3) is 0 Å². The molecule has 0 aliphatic carbocycles. The van der Waals surface area contributed by atoms with Crippen molar-refractivity contribution in [1.29, 1.82) is 0 Å². The maximum atomic E-state index is 11.8. The number of aryl methyl sites for hydroxylation is 2. The number of hydrogen-bond acceptors (Lipinski definition) is 3. The van der Waals surface area contributed by atoms with E-state index in [9.17, 15) is 4.79 Å². The molecular weight excluding hydrogens is 204 g/mol. The van der Waals surface area contributed by atoms with Crippen molar-refractivity contribution in [3.8, 4) is 0 Å². The van der Waals surface area contributed by atoms with Gasteiger partial charge in [0, 0.05) is 12.1 Å². The Balaban J connectivity index is 2.22. The van der Waals surface area contributed by atoms with Crippen molar-refractivity contribution in [2.75, 3.05) is 6.54 Å². The molecule has 2 rings (SSSR count). The summed E-state index contributed by atoms with van der Waals surface area (Å²) in [5, 5.41) is 0. The van der Waals surface area contributed by atoms with Crippen molar-refractivity contribution >= 4 is 5.91 Å². The number of rotatable bonds is 2. The van der Waals surface area contributed by atoms with Crippen LogP contribution in [0.3, 0.4) is 0 Å². The van der Waals surface area contributed by atoms with Gasteiger partial charge in [-0.25, -0.2) is 0 Å². The van der Waals surface area contributed by atoms with E-state index in [2.05, 4.69) is 0 Å². The topological polar surface area (TPSA) is 59.5 Å². The average Bonchev–Trinajstić information content (AvgIpc) is 2.71. The van der Waals surface area contributed by atoms with Crippen LogP contribution in [-0.4, -0.2) is 23.4 Å². The molecule has 4 nitrogen and oxygen atoms in total. The number of carbonyl (C=O) groups excluding carboxylic acids is 1. The summed E-state index contributed by atoms with van der Waals surface area (Å²) in [5.41, 5.74) is 6.80. The number of furan rings is 1. The van der Waals surface area contributed by atoms with Crippen molar-refractivity contribution in [3.05, 3.63) is 23.2 Å². The van der Waals surface area contributed by atoms with Crippen molar-refractivity contribution in [3.63, 3.8) is 0 Å². The molecule has 0 bridgehead atoms. The lowest BCUT2D eigenvalue weighted by molar-refractivity contribution is -0.130. The molecular formula is C12H18N2O2. The Morgan fingerprint density at radius 3 is 2.69 bits per heavy atom. The highest BCUT2D eigenvalue weighted by Crippen LogP contribution is 2.29. The third-order valence-corrected chi connectivity index (χ3v) is 3.28. The Morgan fingerprint density at radius 1 is 1.56 bits per heavy atom. The van der Waals surface area contributed by atoms with Crippen LogP contribution in [-0.2, 0) is 4.79 Å². The van der Waals surface area contributed by atoms with Gasteiger partial charge in [-0.05, 0) is 33.3 Å². The lowest BCUT2D eigenvalue weighted by Gasteiger charge is -2.24. The van der Waals surface area contributed by atoms with Gasteiger partial charge in [0.25, 0.3) is 0 Å². The molecule has 0 saturated carbocycles. The van der Waals surface area contributed by atoms with E-state index in [4.69, 9.17) is 10.2 Å². The van der Waals surface area contributed by atoms with E-state index >= 15 is 0 Å². The van der Waals surface area contributed by atoms with Crippen molar-refractivity contribution in [2.24, 2.45) is 5.73 Å². The maximum absolute atomic E-state index is 11.8. The Hall–Kier alpha value is -1.29. The summed E-state index contributed by atoms with van der Waals surface area (Å²) in [6.07, 6.45) is 0.749. The number of nitrogens with zero attached hydrogens (tertiary/aromatic N) is 1. The Kier molecular flexibility index (Phi) is 2.76. The highest BCUT2D eigenvalue weighted by molar-refractivity contribution is 5.84. The number of carbonyl (C=O) groups is 1. The van der Waals surface area contributed by atoms with Gasteiger partial charge in [-0.1, -0.05) is 0 Å². The molecule has 1 aliphatic heterocycles. The minimum Gasteiger partial charge on any atom is -0.466 e. The van der Waals surface area contributed by atoms with Crippen LogP contribution in [0, 0.1) is 13.8 Å². The quantitative estimate of drug-likeness (QED) is 0.825. The van der Waals surface area contributed by atoms with Crippen molar-refractivity contribution < 1.29 is 9.21 Å². The maximum Gasteiger partial charge on any atom is 0.240 e. The number of hydrogen-bond donors (Lipinski definition) is 1. The normalized spacial score (nSPS) is 22.9. The van der Waals surface area contributed by atoms with Crippen LogP contribution in [0.5, 0.6) is 0 Å². The summed E-state index contributed by atoms with van der Waals surface area (Å²) in [6.45, 7) is 6.61. The van der Waals surface area contributed by atoms with Gasteiger partial charge in [0.05, 0.1) is 12.1 Å². The van der Waals surface area contributed by atoms with Gasteiger partial charge in [-0.15, -0.1) is 0 Å². The molecule has 2 unspecified atom stereocenters. The first-order valence-corrected chi connectivity index (χ1v) is 5.63. The van der Waals surface area contributed by atoms with Gasteiger partial charge in [0.1, 0.15) is 11.5 Å². The first-order valence-electron chi connectivity index (χ1n) is 5.63. The summed E-state index contributed by atoms with van der Waals surface area (Å²) >= 11 is 0. The fourth-order valence-electron chi connectivity index (χ4n) is 2.34. The summed E-state index contributed by atoms with van der Waals surface area (Å²) < 4.78 is 5.49. The molecule has 1 aliphatic rings. The van der Waals surface area contributed by atoms with Crippen LogP contribution in [0.15, 0.2) is 10.5 Å².